The molecule has 8 heterocycles. The van der Waals surface area contributed by atoms with Gasteiger partial charge in [-0.15, -0.1) is 0 Å². The lowest BCUT2D eigenvalue weighted by Crippen LogP contribution is -2.54. The monoisotopic (exact) mass is 827 g/mol. The Morgan fingerprint density at radius 3 is 2.47 bits per heavy atom. The Bertz CT molecular complexity index is 2310. The molecule has 60 heavy (non-hydrogen) atoms. The van der Waals surface area contributed by atoms with Gasteiger partial charge in [0.15, 0.2) is 11.3 Å². The van der Waals surface area contributed by atoms with Gasteiger partial charge in [-0.2, -0.15) is 10.2 Å². The largest absolute Gasteiger partial charge is 0.378 e. The van der Waals surface area contributed by atoms with Gasteiger partial charge in [0.05, 0.1) is 48.0 Å². The third-order valence-electron chi connectivity index (χ3n) is 12.6. The van der Waals surface area contributed by atoms with Crippen LogP contribution in [0.2, 0.25) is 0 Å². The fraction of sp³-hybridized carbons (Fsp3) is 0.512. The van der Waals surface area contributed by atoms with Gasteiger partial charge in [-0.3, -0.25) is 38.9 Å². The molecule has 3 aromatic heterocycles. The molecule has 0 aliphatic carbocycles. The highest BCUT2D eigenvalue weighted by Crippen LogP contribution is 2.37. The van der Waals surface area contributed by atoms with Gasteiger partial charge < -0.3 is 24.8 Å². The van der Waals surface area contributed by atoms with E-state index in [1.807, 2.05) is 12.1 Å². The molecule has 4 saturated heterocycles. The van der Waals surface area contributed by atoms with E-state index in [1.165, 1.54) is 16.9 Å². The Morgan fingerprint density at radius 2 is 1.72 bits per heavy atom. The zero-order chi connectivity index (χ0) is 41.5. The van der Waals surface area contributed by atoms with Gasteiger partial charge in [0.2, 0.25) is 11.8 Å². The number of anilines is 3. The maximum Gasteiger partial charge on any atom is 0.284 e. The van der Waals surface area contributed by atoms with Crippen molar-refractivity contribution >= 4 is 52.4 Å². The average molecular weight is 828 g/mol. The van der Waals surface area contributed by atoms with Crippen LogP contribution in [0.3, 0.4) is 0 Å². The number of hydrogen-bond donors (Lipinski definition) is 2. The summed E-state index contributed by atoms with van der Waals surface area (Å²) in [6.07, 6.45) is 7.36. The maximum atomic E-state index is 14.2. The number of aromatic nitrogens is 5. The van der Waals surface area contributed by atoms with E-state index in [0.29, 0.717) is 54.9 Å². The highest BCUT2D eigenvalue weighted by Gasteiger charge is 2.46. The van der Waals surface area contributed by atoms with E-state index >= 15 is 0 Å². The fourth-order valence-corrected chi connectivity index (χ4v) is 9.26. The van der Waals surface area contributed by atoms with Crippen molar-refractivity contribution in [2.75, 3.05) is 74.1 Å². The fourth-order valence-electron chi connectivity index (χ4n) is 9.26. The standard InChI is InChI=1S/C41H47F2N11O6/c42-36(43)35-29(45-38(56)28-23-44-52-18-12-32(46-37(28)52)51-19-21-60-22-20-51)24-53(48-35)26-10-14-49(15-11-26)13-2-3-25-8-16-50(17-9-25)30-5-1-4-27-34(30)41(59)54(40(27)58)31-6-7-33(55)47-39(31)57/h1,4-5,12,18,23-26,31,36H,2-3,6-11,13-17,19-22H2,(H,45,56)(H,47,55,57). The summed E-state index contributed by atoms with van der Waals surface area (Å²) in [5.74, 6) is -1.41. The van der Waals surface area contributed by atoms with Crippen molar-refractivity contribution < 1.29 is 37.5 Å². The SMILES string of the molecule is O=C1CCC(N2C(=O)c3cccc(N4CCC(CCCN5CCC(n6cc(NC(=O)c7cnn8ccc(N9CCOCC9)nc78)c(C(F)F)n6)CC5)CC4)c3C2=O)C(=O)N1. The number of halogens is 2. The molecule has 5 aliphatic rings. The van der Waals surface area contributed by atoms with Crippen LogP contribution in [0.15, 0.2) is 42.9 Å². The van der Waals surface area contributed by atoms with Gasteiger partial charge in [0.25, 0.3) is 24.1 Å². The van der Waals surface area contributed by atoms with Crippen molar-refractivity contribution in [3.05, 3.63) is 65.2 Å². The highest BCUT2D eigenvalue weighted by atomic mass is 19.3. The van der Waals surface area contributed by atoms with Crippen LogP contribution in [-0.2, 0) is 14.3 Å². The number of nitrogens with zero attached hydrogens (tertiary/aromatic N) is 9. The minimum atomic E-state index is -2.88. The summed E-state index contributed by atoms with van der Waals surface area (Å²) >= 11 is 0. The van der Waals surface area contributed by atoms with Crippen LogP contribution in [0, 0.1) is 5.92 Å². The normalized spacial score (nSPS) is 21.1. The molecule has 5 aliphatic heterocycles. The smallest absolute Gasteiger partial charge is 0.284 e. The summed E-state index contributed by atoms with van der Waals surface area (Å²) in [4.78, 5) is 76.9. The van der Waals surface area contributed by atoms with Gasteiger partial charge in [-0.1, -0.05) is 6.07 Å². The number of rotatable bonds is 11. The Hall–Kier alpha value is -5.82. The zero-order valence-corrected chi connectivity index (χ0v) is 33.1. The first kappa shape index (κ1) is 39.6. The number of carbonyl (C=O) groups excluding carboxylic acids is 5. The number of benzene rings is 1. The van der Waals surface area contributed by atoms with Crippen molar-refractivity contribution in [1.29, 1.82) is 0 Å². The van der Waals surface area contributed by atoms with Gasteiger partial charge in [0.1, 0.15) is 17.4 Å². The van der Waals surface area contributed by atoms with Crippen LogP contribution in [0.4, 0.5) is 26.0 Å². The number of fused-ring (bicyclic) bond motifs is 2. The molecule has 2 N–H and O–H groups in total. The summed E-state index contributed by atoms with van der Waals surface area (Å²) in [7, 11) is 0. The molecular formula is C41H47F2N11O6. The van der Waals surface area contributed by atoms with E-state index in [1.54, 1.807) is 23.0 Å². The van der Waals surface area contributed by atoms with Crippen molar-refractivity contribution in [3.8, 4) is 0 Å². The minimum Gasteiger partial charge on any atom is -0.378 e. The first-order chi connectivity index (χ1) is 29.1. The molecule has 0 spiro atoms. The lowest BCUT2D eigenvalue weighted by Gasteiger charge is -2.35. The minimum absolute atomic E-state index is 0.0295. The van der Waals surface area contributed by atoms with Crippen LogP contribution in [0.5, 0.6) is 0 Å². The predicted octanol–water partition coefficient (Wildman–Crippen LogP) is 3.69. The molecule has 0 saturated carbocycles. The first-order valence-electron chi connectivity index (χ1n) is 20.8. The van der Waals surface area contributed by atoms with E-state index in [-0.39, 0.29) is 35.7 Å². The molecule has 0 bridgehead atoms. The van der Waals surface area contributed by atoms with Crippen LogP contribution in [0.1, 0.15) is 101 Å². The number of ether oxygens (including phenoxy) is 1. The third-order valence-corrected chi connectivity index (χ3v) is 12.6. The van der Waals surface area contributed by atoms with E-state index in [9.17, 15) is 32.8 Å². The Labute approximate surface area is 344 Å². The van der Waals surface area contributed by atoms with Crippen molar-refractivity contribution in [1.82, 2.24) is 39.5 Å². The van der Waals surface area contributed by atoms with Gasteiger partial charge in [-0.25, -0.2) is 18.3 Å². The van der Waals surface area contributed by atoms with Gasteiger partial charge >= 0.3 is 0 Å². The van der Waals surface area contributed by atoms with Crippen LogP contribution in [-0.4, -0.2) is 129 Å². The second-order valence-corrected chi connectivity index (χ2v) is 16.2. The van der Waals surface area contributed by atoms with E-state index in [0.717, 1.165) is 76.1 Å². The molecule has 0 radical (unpaired) electrons. The van der Waals surface area contributed by atoms with E-state index < -0.39 is 47.7 Å². The summed E-state index contributed by atoms with van der Waals surface area (Å²) in [5.41, 5.74) is 1.32. The topological polar surface area (TPSA) is 180 Å². The molecule has 4 aromatic rings. The zero-order valence-electron chi connectivity index (χ0n) is 33.1. The Morgan fingerprint density at radius 1 is 0.933 bits per heavy atom. The number of morpholine rings is 1. The van der Waals surface area contributed by atoms with Crippen molar-refractivity contribution in [3.63, 3.8) is 0 Å². The molecule has 9 rings (SSSR count). The highest BCUT2D eigenvalue weighted by molar-refractivity contribution is 6.25. The predicted molar refractivity (Wildman–Crippen MR) is 213 cm³/mol. The second kappa shape index (κ2) is 16.7. The maximum absolute atomic E-state index is 14.2. The molecule has 17 nitrogen and oxygen atoms in total. The molecule has 1 unspecified atom stereocenters. The lowest BCUT2D eigenvalue weighted by atomic mass is 9.91. The van der Waals surface area contributed by atoms with Gasteiger partial charge in [0, 0.05) is 58.1 Å². The molecule has 19 heteroatoms. The van der Waals surface area contributed by atoms with Crippen molar-refractivity contribution in [2.45, 2.75) is 69.9 Å². The number of amides is 5. The molecule has 316 valence electrons. The Balaban J connectivity index is 0.751. The summed E-state index contributed by atoms with van der Waals surface area (Å²) in [6, 6.07) is 5.99. The number of carbonyl (C=O) groups is 5. The number of piperidine rings is 3. The Kier molecular flexibility index (Phi) is 11.0. The second-order valence-electron chi connectivity index (χ2n) is 16.2. The summed E-state index contributed by atoms with van der Waals surface area (Å²) < 4.78 is 36.9. The average Bonchev–Trinajstić information content (AvgIpc) is 3.96. The number of nitrogens with one attached hydrogen (secondary N) is 2. The number of likely N-dealkylation sites (tertiary alicyclic amines) is 1. The molecule has 4 fully saturated rings. The van der Waals surface area contributed by atoms with Crippen LogP contribution in [0.25, 0.3) is 5.65 Å². The van der Waals surface area contributed by atoms with E-state index in [2.05, 4.69) is 40.5 Å². The van der Waals surface area contributed by atoms with Crippen molar-refractivity contribution in [2.24, 2.45) is 5.92 Å². The summed E-state index contributed by atoms with van der Waals surface area (Å²) in [6.45, 7) is 6.51. The molecule has 5 amide bonds. The van der Waals surface area contributed by atoms with Crippen LogP contribution < -0.4 is 20.4 Å². The molecule has 1 aromatic carbocycles. The quantitative estimate of drug-likeness (QED) is 0.210. The number of alkyl halides is 2. The lowest BCUT2D eigenvalue weighted by molar-refractivity contribution is -0.136. The first-order valence-corrected chi connectivity index (χ1v) is 20.8. The molecular weight excluding hydrogens is 781 g/mol. The molecule has 1 atom stereocenters. The number of hydrogen-bond acceptors (Lipinski definition) is 12. The van der Waals surface area contributed by atoms with Gasteiger partial charge in [-0.05, 0) is 75.6 Å². The number of imide groups is 2. The van der Waals surface area contributed by atoms with Crippen LogP contribution >= 0.6 is 0 Å². The summed E-state index contributed by atoms with van der Waals surface area (Å²) in [5, 5.41) is 13.4. The third kappa shape index (κ3) is 7.71. The van der Waals surface area contributed by atoms with E-state index in [4.69, 9.17) is 4.74 Å².